The van der Waals surface area contributed by atoms with Gasteiger partial charge in [0.1, 0.15) is 0 Å². The molecule has 0 aliphatic carbocycles. The third-order valence-electron chi connectivity index (χ3n) is 3.09. The molecule has 114 valence electrons. The molecule has 1 heterocycles. The Morgan fingerprint density at radius 2 is 2.25 bits per heavy atom. The largest absolute Gasteiger partial charge is 0.396 e. The Hall–Kier alpha value is -1.01. The Kier molecular flexibility index (Phi) is 7.09. The number of hydrogen-bond acceptors (Lipinski definition) is 4. The highest BCUT2D eigenvalue weighted by atomic mass is 32.2. The van der Waals surface area contributed by atoms with Gasteiger partial charge in [0.25, 0.3) is 5.91 Å². The Labute approximate surface area is 125 Å². The number of amides is 1. The van der Waals surface area contributed by atoms with Crippen molar-refractivity contribution in [2.75, 3.05) is 18.6 Å². The predicted octanol–water partition coefficient (Wildman–Crippen LogP) is 1.87. The number of nitrogens with zero attached hydrogens (tertiary/aromatic N) is 2. The molecular weight excluding hydrogens is 274 g/mol. The van der Waals surface area contributed by atoms with E-state index in [9.17, 15) is 4.79 Å². The van der Waals surface area contributed by atoms with Crippen LogP contribution in [-0.2, 0) is 6.54 Å². The first kappa shape index (κ1) is 17.0. The fourth-order valence-corrected chi connectivity index (χ4v) is 2.67. The normalized spacial score (nSPS) is 12.7. The molecule has 5 nitrogen and oxygen atoms in total. The molecule has 0 spiro atoms. The van der Waals surface area contributed by atoms with E-state index in [4.69, 9.17) is 5.11 Å². The van der Waals surface area contributed by atoms with Gasteiger partial charge in [0.2, 0.25) is 0 Å². The zero-order chi connectivity index (χ0) is 15.1. The van der Waals surface area contributed by atoms with Crippen LogP contribution >= 0.6 is 11.8 Å². The predicted molar refractivity (Wildman–Crippen MR) is 83.3 cm³/mol. The second kappa shape index (κ2) is 8.32. The Morgan fingerprint density at radius 3 is 2.75 bits per heavy atom. The molecule has 20 heavy (non-hydrogen) atoms. The highest BCUT2D eigenvalue weighted by molar-refractivity contribution is 7.98. The number of carbonyl (C=O) groups is 1. The molecule has 2 N–H and O–H groups in total. The Balaban J connectivity index is 2.87. The molecule has 6 heteroatoms. The van der Waals surface area contributed by atoms with Crippen LogP contribution in [0.2, 0.25) is 0 Å². The molecule has 1 amide bonds. The van der Waals surface area contributed by atoms with Crippen LogP contribution in [0.1, 0.15) is 49.2 Å². The average molecular weight is 299 g/mol. The van der Waals surface area contributed by atoms with E-state index in [-0.39, 0.29) is 24.5 Å². The molecule has 0 radical (unpaired) electrons. The van der Waals surface area contributed by atoms with Gasteiger partial charge in [0, 0.05) is 31.1 Å². The van der Waals surface area contributed by atoms with Crippen molar-refractivity contribution in [3.05, 3.63) is 17.5 Å². The molecule has 0 aromatic carbocycles. The molecule has 1 rings (SSSR count). The SMILES string of the molecule is CCn1cc(C(=O)NC(CCO)CSC)c(C(C)C)n1. The van der Waals surface area contributed by atoms with Gasteiger partial charge in [-0.15, -0.1) is 0 Å². The number of carbonyl (C=O) groups excluding carboxylic acids is 1. The lowest BCUT2D eigenvalue weighted by atomic mass is 10.1. The number of aryl methyl sites for hydroxylation is 1. The first-order valence-corrected chi connectivity index (χ1v) is 8.40. The molecule has 0 aliphatic heterocycles. The van der Waals surface area contributed by atoms with Gasteiger partial charge in [-0.1, -0.05) is 13.8 Å². The molecule has 1 aromatic heterocycles. The van der Waals surface area contributed by atoms with Crippen molar-refractivity contribution in [3.63, 3.8) is 0 Å². The fraction of sp³-hybridized carbons (Fsp3) is 0.714. The highest BCUT2D eigenvalue weighted by Crippen LogP contribution is 2.18. The topological polar surface area (TPSA) is 67.2 Å². The number of thioether (sulfide) groups is 1. The van der Waals surface area contributed by atoms with E-state index in [1.165, 1.54) is 0 Å². The minimum atomic E-state index is -0.0964. The third-order valence-corrected chi connectivity index (χ3v) is 3.82. The van der Waals surface area contributed by atoms with Crippen molar-refractivity contribution >= 4 is 17.7 Å². The first-order valence-electron chi connectivity index (χ1n) is 7.01. The third kappa shape index (κ3) is 4.52. The summed E-state index contributed by atoms with van der Waals surface area (Å²) in [4.78, 5) is 12.4. The van der Waals surface area contributed by atoms with Crippen LogP contribution < -0.4 is 5.32 Å². The molecule has 0 bridgehead atoms. The van der Waals surface area contributed by atoms with Crippen molar-refractivity contribution in [2.24, 2.45) is 0 Å². The van der Waals surface area contributed by atoms with Crippen molar-refractivity contribution in [1.29, 1.82) is 0 Å². The summed E-state index contributed by atoms with van der Waals surface area (Å²) in [6.07, 6.45) is 4.37. The van der Waals surface area contributed by atoms with Crippen molar-refractivity contribution in [2.45, 2.75) is 45.7 Å². The zero-order valence-electron chi connectivity index (χ0n) is 12.7. The van der Waals surface area contributed by atoms with Crippen molar-refractivity contribution in [3.8, 4) is 0 Å². The summed E-state index contributed by atoms with van der Waals surface area (Å²) in [6.45, 7) is 6.90. The van der Waals surface area contributed by atoms with Gasteiger partial charge >= 0.3 is 0 Å². The highest BCUT2D eigenvalue weighted by Gasteiger charge is 2.20. The van der Waals surface area contributed by atoms with E-state index in [0.29, 0.717) is 12.0 Å². The van der Waals surface area contributed by atoms with Crippen molar-refractivity contribution in [1.82, 2.24) is 15.1 Å². The first-order chi connectivity index (χ1) is 9.53. The van der Waals surface area contributed by atoms with E-state index in [2.05, 4.69) is 10.4 Å². The van der Waals surface area contributed by atoms with Crippen LogP contribution in [0.15, 0.2) is 6.20 Å². The van der Waals surface area contributed by atoms with Gasteiger partial charge in [-0.3, -0.25) is 9.48 Å². The summed E-state index contributed by atoms with van der Waals surface area (Å²) in [6, 6.07) is -0.00695. The van der Waals surface area contributed by atoms with Gasteiger partial charge in [-0.05, 0) is 25.5 Å². The molecule has 1 unspecified atom stereocenters. The number of aliphatic hydroxyl groups excluding tert-OH is 1. The summed E-state index contributed by atoms with van der Waals surface area (Å²) >= 11 is 1.66. The van der Waals surface area contributed by atoms with Crippen molar-refractivity contribution < 1.29 is 9.90 Å². The van der Waals surface area contributed by atoms with Gasteiger partial charge in [0.05, 0.1) is 11.3 Å². The number of aromatic nitrogens is 2. The van der Waals surface area contributed by atoms with Crippen LogP contribution in [0.3, 0.4) is 0 Å². The number of aliphatic hydroxyl groups is 1. The Morgan fingerprint density at radius 1 is 1.55 bits per heavy atom. The minimum Gasteiger partial charge on any atom is -0.396 e. The summed E-state index contributed by atoms with van der Waals surface area (Å²) in [7, 11) is 0. The standard InChI is InChI=1S/C14H25N3O2S/c1-5-17-8-12(13(16-17)10(2)3)14(19)15-11(6-7-18)9-20-4/h8,10-11,18H,5-7,9H2,1-4H3,(H,15,19). The fourth-order valence-electron chi connectivity index (χ4n) is 2.02. The van der Waals surface area contributed by atoms with Gasteiger partial charge in [-0.25, -0.2) is 0 Å². The van der Waals surface area contributed by atoms with E-state index < -0.39 is 0 Å². The lowest BCUT2D eigenvalue weighted by Crippen LogP contribution is -2.37. The summed E-state index contributed by atoms with van der Waals surface area (Å²) in [5, 5.41) is 16.5. The summed E-state index contributed by atoms with van der Waals surface area (Å²) in [5.41, 5.74) is 1.47. The zero-order valence-corrected chi connectivity index (χ0v) is 13.5. The van der Waals surface area contributed by atoms with Crippen LogP contribution in [0, 0.1) is 0 Å². The van der Waals surface area contributed by atoms with Gasteiger partial charge in [0.15, 0.2) is 0 Å². The lowest BCUT2D eigenvalue weighted by Gasteiger charge is -2.16. The maximum atomic E-state index is 12.4. The Bertz CT molecular complexity index is 426. The molecule has 0 fully saturated rings. The minimum absolute atomic E-state index is 0.00695. The molecule has 1 aromatic rings. The second-order valence-corrected chi connectivity index (χ2v) is 5.99. The van der Waals surface area contributed by atoms with E-state index >= 15 is 0 Å². The molecule has 1 atom stereocenters. The summed E-state index contributed by atoms with van der Waals surface area (Å²) < 4.78 is 1.79. The molecule has 0 saturated carbocycles. The summed E-state index contributed by atoms with van der Waals surface area (Å²) in [5.74, 6) is 0.909. The van der Waals surface area contributed by atoms with Crippen LogP contribution in [0.25, 0.3) is 0 Å². The van der Waals surface area contributed by atoms with E-state index in [0.717, 1.165) is 18.0 Å². The van der Waals surface area contributed by atoms with Crippen LogP contribution in [0.5, 0.6) is 0 Å². The second-order valence-electron chi connectivity index (χ2n) is 5.08. The molecule has 0 aliphatic rings. The average Bonchev–Trinajstić information content (AvgIpc) is 2.83. The monoisotopic (exact) mass is 299 g/mol. The maximum absolute atomic E-state index is 12.4. The van der Waals surface area contributed by atoms with Gasteiger partial charge < -0.3 is 10.4 Å². The van der Waals surface area contributed by atoms with E-state index in [1.807, 2.05) is 27.0 Å². The number of nitrogens with one attached hydrogen (secondary N) is 1. The van der Waals surface area contributed by atoms with Crippen LogP contribution in [0.4, 0.5) is 0 Å². The quantitative estimate of drug-likeness (QED) is 0.769. The number of hydrogen-bond donors (Lipinski definition) is 2. The number of rotatable bonds is 8. The van der Waals surface area contributed by atoms with Gasteiger partial charge in [-0.2, -0.15) is 16.9 Å². The maximum Gasteiger partial charge on any atom is 0.255 e. The van der Waals surface area contributed by atoms with E-state index in [1.54, 1.807) is 22.6 Å². The molecular formula is C14H25N3O2S. The smallest absolute Gasteiger partial charge is 0.255 e. The lowest BCUT2D eigenvalue weighted by molar-refractivity contribution is 0.0934. The molecule has 0 saturated heterocycles. The van der Waals surface area contributed by atoms with Crippen LogP contribution in [-0.4, -0.2) is 45.5 Å².